The van der Waals surface area contributed by atoms with Gasteiger partial charge in [-0.1, -0.05) is 12.1 Å². The number of aryl methyl sites for hydroxylation is 2. The molecule has 1 aliphatic carbocycles. The number of hydrogen-bond donors (Lipinski definition) is 3. The Morgan fingerprint density at radius 3 is 3.00 bits per heavy atom. The summed E-state index contributed by atoms with van der Waals surface area (Å²) in [5.74, 6) is 0.281. The van der Waals surface area contributed by atoms with Crippen molar-refractivity contribution in [3.8, 4) is 11.4 Å². The van der Waals surface area contributed by atoms with E-state index in [0.717, 1.165) is 18.4 Å². The Labute approximate surface area is 139 Å². The summed E-state index contributed by atoms with van der Waals surface area (Å²) in [6, 6.07) is 6.31. The molecule has 1 aromatic heterocycles. The predicted molar refractivity (Wildman–Crippen MR) is 88.2 cm³/mol. The standard InChI is InChI=1S/C17H19N5O2/c23-14-9-13(6-7-18-14)16(24)20-17-19-15(21-22-17)12-5-4-10-2-1-3-11(10)8-12/h4-5,8,13H,1-3,6-7,9H2,(H,18,23)(H2,19,20,21,22,24)/t13-/m1/s1. The lowest BCUT2D eigenvalue weighted by atomic mass is 9.97. The molecule has 3 N–H and O–H groups in total. The molecule has 4 rings (SSSR count). The topological polar surface area (TPSA) is 99.8 Å². The first-order valence-electron chi connectivity index (χ1n) is 8.31. The van der Waals surface area contributed by atoms with Crippen molar-refractivity contribution < 1.29 is 9.59 Å². The van der Waals surface area contributed by atoms with E-state index in [-0.39, 0.29) is 30.1 Å². The van der Waals surface area contributed by atoms with Gasteiger partial charge in [-0.3, -0.25) is 20.0 Å². The summed E-state index contributed by atoms with van der Waals surface area (Å²) in [5, 5.41) is 12.4. The van der Waals surface area contributed by atoms with Crippen LogP contribution in [0.15, 0.2) is 18.2 Å². The number of benzene rings is 1. The zero-order valence-corrected chi connectivity index (χ0v) is 13.3. The van der Waals surface area contributed by atoms with E-state index in [9.17, 15) is 9.59 Å². The van der Waals surface area contributed by atoms with Crippen molar-refractivity contribution in [3.63, 3.8) is 0 Å². The molecule has 1 saturated heterocycles. The molecule has 2 heterocycles. The number of H-pyrrole nitrogens is 1. The SMILES string of the molecule is O=C1C[C@H](C(=O)Nc2n[nH]c(-c3ccc4c(c3)CCC4)n2)CCN1. The number of aromatic nitrogens is 3. The number of carbonyl (C=O) groups is 2. The van der Waals surface area contributed by atoms with Crippen LogP contribution in [0.5, 0.6) is 0 Å². The molecule has 24 heavy (non-hydrogen) atoms. The van der Waals surface area contributed by atoms with Crippen LogP contribution in [0, 0.1) is 5.92 Å². The maximum atomic E-state index is 12.2. The molecule has 124 valence electrons. The van der Waals surface area contributed by atoms with Gasteiger partial charge in [0.15, 0.2) is 5.82 Å². The second-order valence-corrected chi connectivity index (χ2v) is 6.37. The fourth-order valence-corrected chi connectivity index (χ4v) is 3.39. The van der Waals surface area contributed by atoms with E-state index < -0.39 is 0 Å². The third kappa shape index (κ3) is 2.89. The summed E-state index contributed by atoms with van der Waals surface area (Å²) in [6.07, 6.45) is 4.30. The number of anilines is 1. The number of piperidine rings is 1. The smallest absolute Gasteiger partial charge is 0.249 e. The second-order valence-electron chi connectivity index (χ2n) is 6.37. The van der Waals surface area contributed by atoms with Gasteiger partial charge in [0.05, 0.1) is 0 Å². The highest BCUT2D eigenvalue weighted by atomic mass is 16.2. The molecule has 0 bridgehead atoms. The van der Waals surface area contributed by atoms with Crippen molar-refractivity contribution in [2.75, 3.05) is 11.9 Å². The molecule has 2 amide bonds. The van der Waals surface area contributed by atoms with Crippen molar-refractivity contribution in [2.45, 2.75) is 32.1 Å². The Morgan fingerprint density at radius 1 is 1.25 bits per heavy atom. The van der Waals surface area contributed by atoms with Crippen LogP contribution >= 0.6 is 0 Å². The van der Waals surface area contributed by atoms with Crippen LogP contribution in [-0.4, -0.2) is 33.5 Å². The van der Waals surface area contributed by atoms with Crippen LogP contribution < -0.4 is 10.6 Å². The molecule has 7 nitrogen and oxygen atoms in total. The first-order chi connectivity index (χ1) is 11.7. The highest BCUT2D eigenvalue weighted by Crippen LogP contribution is 2.26. The minimum absolute atomic E-state index is 0.0878. The lowest BCUT2D eigenvalue weighted by molar-refractivity contribution is -0.129. The van der Waals surface area contributed by atoms with Gasteiger partial charge >= 0.3 is 0 Å². The Morgan fingerprint density at radius 2 is 2.12 bits per heavy atom. The van der Waals surface area contributed by atoms with Gasteiger partial charge in [0.25, 0.3) is 0 Å². The zero-order valence-electron chi connectivity index (χ0n) is 13.3. The van der Waals surface area contributed by atoms with Gasteiger partial charge in [0, 0.05) is 24.4 Å². The number of fused-ring (bicyclic) bond motifs is 1. The number of amides is 2. The highest BCUT2D eigenvalue weighted by Gasteiger charge is 2.26. The Hall–Kier alpha value is -2.70. The van der Waals surface area contributed by atoms with Crippen LogP contribution in [0.4, 0.5) is 5.95 Å². The van der Waals surface area contributed by atoms with Crippen molar-refractivity contribution >= 4 is 17.8 Å². The minimum atomic E-state index is -0.319. The number of nitrogens with zero attached hydrogens (tertiary/aromatic N) is 2. The summed E-state index contributed by atoms with van der Waals surface area (Å²) in [4.78, 5) is 28.0. The van der Waals surface area contributed by atoms with Crippen LogP contribution in [0.25, 0.3) is 11.4 Å². The van der Waals surface area contributed by atoms with E-state index in [2.05, 4.69) is 37.9 Å². The quantitative estimate of drug-likeness (QED) is 0.794. The number of rotatable bonds is 3. The molecule has 0 saturated carbocycles. The van der Waals surface area contributed by atoms with Gasteiger partial charge in [-0.2, -0.15) is 4.98 Å². The molecule has 2 aromatic rings. The van der Waals surface area contributed by atoms with Crippen LogP contribution in [0.3, 0.4) is 0 Å². The molecule has 7 heteroatoms. The summed E-state index contributed by atoms with van der Waals surface area (Å²) < 4.78 is 0. The van der Waals surface area contributed by atoms with Gasteiger partial charge in [0.2, 0.25) is 17.8 Å². The molecule has 1 aliphatic heterocycles. The summed E-state index contributed by atoms with van der Waals surface area (Å²) in [6.45, 7) is 0.533. The monoisotopic (exact) mass is 325 g/mol. The lowest BCUT2D eigenvalue weighted by Gasteiger charge is -2.20. The normalized spacial score (nSPS) is 19.7. The van der Waals surface area contributed by atoms with Crippen LogP contribution in [0.2, 0.25) is 0 Å². The van der Waals surface area contributed by atoms with E-state index in [4.69, 9.17) is 0 Å². The average Bonchev–Trinajstić information content (AvgIpc) is 3.23. The van der Waals surface area contributed by atoms with Crippen molar-refractivity contribution in [1.82, 2.24) is 20.5 Å². The van der Waals surface area contributed by atoms with Gasteiger partial charge in [-0.25, -0.2) is 0 Å². The van der Waals surface area contributed by atoms with Crippen molar-refractivity contribution in [3.05, 3.63) is 29.3 Å². The van der Waals surface area contributed by atoms with Gasteiger partial charge < -0.3 is 5.32 Å². The third-order valence-corrected chi connectivity index (χ3v) is 4.71. The maximum Gasteiger partial charge on any atom is 0.249 e. The molecule has 1 fully saturated rings. The first-order valence-corrected chi connectivity index (χ1v) is 8.31. The summed E-state index contributed by atoms with van der Waals surface area (Å²) in [5.41, 5.74) is 3.74. The van der Waals surface area contributed by atoms with Gasteiger partial charge in [-0.05, 0) is 42.9 Å². The number of carbonyl (C=O) groups excluding carboxylic acids is 2. The average molecular weight is 325 g/mol. The Kier molecular flexibility index (Phi) is 3.76. The molecule has 0 radical (unpaired) electrons. The largest absolute Gasteiger partial charge is 0.356 e. The fraction of sp³-hybridized carbons (Fsp3) is 0.412. The van der Waals surface area contributed by atoms with Crippen LogP contribution in [-0.2, 0) is 22.4 Å². The zero-order chi connectivity index (χ0) is 16.5. The lowest BCUT2D eigenvalue weighted by Crippen LogP contribution is -2.38. The number of aromatic amines is 1. The van der Waals surface area contributed by atoms with Crippen LogP contribution in [0.1, 0.15) is 30.4 Å². The Balaban J connectivity index is 1.46. The number of hydrogen-bond acceptors (Lipinski definition) is 4. The molecular formula is C17H19N5O2. The van der Waals surface area contributed by atoms with E-state index in [1.165, 1.54) is 17.5 Å². The molecule has 0 unspecified atom stereocenters. The second kappa shape index (κ2) is 6.07. The van der Waals surface area contributed by atoms with E-state index in [1.54, 1.807) is 0 Å². The molecule has 0 spiro atoms. The minimum Gasteiger partial charge on any atom is -0.356 e. The molecule has 2 aliphatic rings. The van der Waals surface area contributed by atoms with Crippen molar-refractivity contribution in [2.24, 2.45) is 5.92 Å². The van der Waals surface area contributed by atoms with Gasteiger partial charge in [0.1, 0.15) is 0 Å². The first kappa shape index (κ1) is 14.9. The molecule has 1 aromatic carbocycles. The van der Waals surface area contributed by atoms with E-state index in [0.29, 0.717) is 18.8 Å². The third-order valence-electron chi connectivity index (χ3n) is 4.71. The predicted octanol–water partition coefficient (Wildman–Crippen LogP) is 1.43. The maximum absolute atomic E-state index is 12.2. The van der Waals surface area contributed by atoms with Gasteiger partial charge in [-0.15, -0.1) is 5.10 Å². The fourth-order valence-electron chi connectivity index (χ4n) is 3.39. The van der Waals surface area contributed by atoms with Crippen molar-refractivity contribution in [1.29, 1.82) is 0 Å². The molecule has 1 atom stereocenters. The highest BCUT2D eigenvalue weighted by molar-refractivity contribution is 5.94. The number of nitrogens with one attached hydrogen (secondary N) is 3. The summed E-state index contributed by atoms with van der Waals surface area (Å²) >= 11 is 0. The van der Waals surface area contributed by atoms with E-state index in [1.807, 2.05) is 6.07 Å². The molecular weight excluding hydrogens is 306 g/mol. The Bertz CT molecular complexity index is 798. The summed E-state index contributed by atoms with van der Waals surface area (Å²) in [7, 11) is 0. The van der Waals surface area contributed by atoms with E-state index >= 15 is 0 Å².